The Labute approximate surface area is 121 Å². The molecular weight excluding hydrogens is 252 g/mol. The second kappa shape index (κ2) is 6.88. The minimum atomic E-state index is -0.622. The van der Waals surface area contributed by atoms with Gasteiger partial charge in [-0.05, 0) is 59.9 Å². The summed E-state index contributed by atoms with van der Waals surface area (Å²) in [6.07, 6.45) is 2.68. The molecule has 5 nitrogen and oxygen atoms in total. The van der Waals surface area contributed by atoms with Crippen LogP contribution in [-0.2, 0) is 11.3 Å². The van der Waals surface area contributed by atoms with E-state index in [1.54, 1.807) is 0 Å². The standard InChI is InChI=1S/C15H28N4O/c1-11(2)17-15(5,14(16)20)8-6-7-9-19-13(4)10-12(3)18-19/h10-11,17H,6-9H2,1-5H3,(H2,16,20). The predicted octanol–water partition coefficient (Wildman–Crippen LogP) is 1.91. The Hall–Kier alpha value is -1.36. The number of nitrogens with two attached hydrogens (primary N) is 1. The van der Waals surface area contributed by atoms with Gasteiger partial charge in [0.15, 0.2) is 0 Å². The first-order valence-electron chi connectivity index (χ1n) is 7.33. The zero-order valence-corrected chi connectivity index (χ0v) is 13.4. The number of unbranched alkanes of at least 4 members (excludes halogenated alkanes) is 1. The summed E-state index contributed by atoms with van der Waals surface area (Å²) in [4.78, 5) is 11.6. The molecule has 0 aliphatic rings. The van der Waals surface area contributed by atoms with E-state index >= 15 is 0 Å². The van der Waals surface area contributed by atoms with Gasteiger partial charge in [0.25, 0.3) is 0 Å². The van der Waals surface area contributed by atoms with E-state index in [4.69, 9.17) is 5.73 Å². The maximum Gasteiger partial charge on any atom is 0.237 e. The van der Waals surface area contributed by atoms with Gasteiger partial charge in [0.2, 0.25) is 5.91 Å². The molecule has 0 saturated carbocycles. The zero-order valence-electron chi connectivity index (χ0n) is 13.4. The van der Waals surface area contributed by atoms with E-state index in [0.717, 1.165) is 31.5 Å². The van der Waals surface area contributed by atoms with Gasteiger partial charge in [-0.25, -0.2) is 0 Å². The van der Waals surface area contributed by atoms with Gasteiger partial charge in [0, 0.05) is 18.3 Å². The first-order valence-corrected chi connectivity index (χ1v) is 7.33. The first-order chi connectivity index (χ1) is 9.24. The molecule has 0 bridgehead atoms. The largest absolute Gasteiger partial charge is 0.368 e. The fourth-order valence-electron chi connectivity index (χ4n) is 2.55. The van der Waals surface area contributed by atoms with Crippen molar-refractivity contribution in [3.63, 3.8) is 0 Å². The Balaban J connectivity index is 2.45. The Morgan fingerprint density at radius 2 is 2.10 bits per heavy atom. The van der Waals surface area contributed by atoms with Gasteiger partial charge in [-0.1, -0.05) is 0 Å². The van der Waals surface area contributed by atoms with Crippen molar-refractivity contribution in [3.8, 4) is 0 Å². The van der Waals surface area contributed by atoms with E-state index in [-0.39, 0.29) is 11.9 Å². The molecule has 1 aromatic heterocycles. The van der Waals surface area contributed by atoms with Gasteiger partial charge in [0.1, 0.15) is 0 Å². The zero-order chi connectivity index (χ0) is 15.3. The summed E-state index contributed by atoms with van der Waals surface area (Å²) < 4.78 is 2.02. The number of carbonyl (C=O) groups is 1. The maximum absolute atomic E-state index is 11.6. The third kappa shape index (κ3) is 4.63. The van der Waals surface area contributed by atoms with Crippen LogP contribution in [0.4, 0.5) is 0 Å². The van der Waals surface area contributed by atoms with Crippen LogP contribution in [0.2, 0.25) is 0 Å². The molecule has 0 fully saturated rings. The minimum absolute atomic E-state index is 0.239. The highest BCUT2D eigenvalue weighted by atomic mass is 16.1. The summed E-state index contributed by atoms with van der Waals surface area (Å²) in [6, 6.07) is 2.32. The van der Waals surface area contributed by atoms with Crippen LogP contribution in [0, 0.1) is 13.8 Å². The molecule has 114 valence electrons. The summed E-state index contributed by atoms with van der Waals surface area (Å²) >= 11 is 0. The average Bonchev–Trinajstić information content (AvgIpc) is 2.62. The Kier molecular flexibility index (Phi) is 5.74. The molecule has 0 saturated heterocycles. The van der Waals surface area contributed by atoms with Crippen molar-refractivity contribution in [1.29, 1.82) is 0 Å². The number of primary amides is 1. The molecular formula is C15H28N4O. The number of aromatic nitrogens is 2. The van der Waals surface area contributed by atoms with Crippen molar-refractivity contribution in [1.82, 2.24) is 15.1 Å². The Morgan fingerprint density at radius 3 is 2.55 bits per heavy atom. The molecule has 1 unspecified atom stereocenters. The number of nitrogens with zero attached hydrogens (tertiary/aromatic N) is 2. The third-order valence-electron chi connectivity index (χ3n) is 3.55. The summed E-state index contributed by atoms with van der Waals surface area (Å²) in [5.74, 6) is -0.280. The first kappa shape index (κ1) is 16.7. The van der Waals surface area contributed by atoms with Crippen molar-refractivity contribution in [2.45, 2.75) is 72.0 Å². The van der Waals surface area contributed by atoms with Gasteiger partial charge in [-0.3, -0.25) is 9.48 Å². The molecule has 0 aliphatic heterocycles. The highest BCUT2D eigenvalue weighted by Crippen LogP contribution is 2.15. The van der Waals surface area contributed by atoms with Crippen LogP contribution in [0.25, 0.3) is 0 Å². The molecule has 1 aromatic rings. The van der Waals surface area contributed by atoms with E-state index in [9.17, 15) is 4.79 Å². The van der Waals surface area contributed by atoms with Crippen LogP contribution in [-0.4, -0.2) is 27.3 Å². The van der Waals surface area contributed by atoms with Crippen molar-refractivity contribution in [2.75, 3.05) is 0 Å². The molecule has 0 aliphatic carbocycles. The van der Waals surface area contributed by atoms with Gasteiger partial charge in [0.05, 0.1) is 11.2 Å². The lowest BCUT2D eigenvalue weighted by atomic mass is 9.93. The molecule has 1 rings (SSSR count). The van der Waals surface area contributed by atoms with Gasteiger partial charge in [-0.15, -0.1) is 0 Å². The van der Waals surface area contributed by atoms with E-state index < -0.39 is 5.54 Å². The monoisotopic (exact) mass is 280 g/mol. The average molecular weight is 280 g/mol. The summed E-state index contributed by atoms with van der Waals surface area (Å²) in [6.45, 7) is 10.9. The topological polar surface area (TPSA) is 72.9 Å². The number of aryl methyl sites for hydroxylation is 3. The van der Waals surface area contributed by atoms with Crippen molar-refractivity contribution < 1.29 is 4.79 Å². The molecule has 0 aromatic carbocycles. The Morgan fingerprint density at radius 1 is 1.45 bits per heavy atom. The van der Waals surface area contributed by atoms with Crippen LogP contribution in [0.3, 0.4) is 0 Å². The molecule has 5 heteroatoms. The van der Waals surface area contributed by atoms with E-state index in [1.165, 1.54) is 5.69 Å². The second-order valence-corrected chi connectivity index (χ2v) is 6.10. The normalized spacial score (nSPS) is 14.5. The quantitative estimate of drug-likeness (QED) is 0.714. The van der Waals surface area contributed by atoms with Gasteiger partial charge in [-0.2, -0.15) is 5.10 Å². The SMILES string of the molecule is Cc1cc(C)n(CCCCC(C)(NC(C)C)C(N)=O)n1. The highest BCUT2D eigenvalue weighted by Gasteiger charge is 2.30. The van der Waals surface area contributed by atoms with E-state index in [0.29, 0.717) is 0 Å². The van der Waals surface area contributed by atoms with Crippen molar-refractivity contribution >= 4 is 5.91 Å². The van der Waals surface area contributed by atoms with Crippen LogP contribution in [0.1, 0.15) is 51.4 Å². The molecule has 3 N–H and O–H groups in total. The van der Waals surface area contributed by atoms with Gasteiger partial charge >= 0.3 is 0 Å². The number of hydrogen-bond donors (Lipinski definition) is 2. The summed E-state index contributed by atoms with van der Waals surface area (Å²) in [7, 11) is 0. The third-order valence-corrected chi connectivity index (χ3v) is 3.55. The second-order valence-electron chi connectivity index (χ2n) is 6.10. The summed E-state index contributed by atoms with van der Waals surface area (Å²) in [5.41, 5.74) is 7.13. The fourth-order valence-corrected chi connectivity index (χ4v) is 2.55. The number of rotatable bonds is 8. The number of nitrogens with one attached hydrogen (secondary N) is 1. The number of hydrogen-bond acceptors (Lipinski definition) is 3. The van der Waals surface area contributed by atoms with Crippen molar-refractivity contribution in [3.05, 3.63) is 17.5 Å². The summed E-state index contributed by atoms with van der Waals surface area (Å²) in [5, 5.41) is 7.71. The lowest BCUT2D eigenvalue weighted by Gasteiger charge is -2.29. The van der Waals surface area contributed by atoms with E-state index in [1.807, 2.05) is 32.4 Å². The lowest BCUT2D eigenvalue weighted by molar-refractivity contribution is -0.124. The van der Waals surface area contributed by atoms with Crippen LogP contribution < -0.4 is 11.1 Å². The molecule has 20 heavy (non-hydrogen) atoms. The smallest absolute Gasteiger partial charge is 0.237 e. The van der Waals surface area contributed by atoms with Gasteiger partial charge < -0.3 is 11.1 Å². The van der Waals surface area contributed by atoms with Crippen LogP contribution in [0.5, 0.6) is 0 Å². The van der Waals surface area contributed by atoms with Crippen LogP contribution in [0.15, 0.2) is 6.07 Å². The lowest BCUT2D eigenvalue weighted by Crippen LogP contribution is -2.55. The van der Waals surface area contributed by atoms with Crippen LogP contribution >= 0.6 is 0 Å². The molecule has 1 heterocycles. The Bertz CT molecular complexity index is 453. The number of amides is 1. The highest BCUT2D eigenvalue weighted by molar-refractivity contribution is 5.84. The fraction of sp³-hybridized carbons (Fsp3) is 0.733. The minimum Gasteiger partial charge on any atom is -0.368 e. The molecule has 0 radical (unpaired) electrons. The maximum atomic E-state index is 11.6. The molecule has 1 atom stereocenters. The molecule has 1 amide bonds. The predicted molar refractivity (Wildman–Crippen MR) is 81.4 cm³/mol. The van der Waals surface area contributed by atoms with Crippen molar-refractivity contribution in [2.24, 2.45) is 5.73 Å². The number of carbonyl (C=O) groups excluding carboxylic acids is 1. The molecule has 0 spiro atoms. The van der Waals surface area contributed by atoms with E-state index in [2.05, 4.69) is 23.4 Å².